The first kappa shape index (κ1) is 16.8. The summed E-state index contributed by atoms with van der Waals surface area (Å²) >= 11 is 0.833. The number of fused-ring (bicyclic) bond motifs is 1. The molecule has 0 saturated heterocycles. The molecule has 1 atom stereocenters. The highest BCUT2D eigenvalue weighted by Crippen LogP contribution is 2.41. The summed E-state index contributed by atoms with van der Waals surface area (Å²) in [7, 11) is -3.53. The standard InChI is InChI=1S/C15H15FN2O4S2/c1-24(21,22)14-8-13(18(19)20)15(23-14)17-12-4-2-3-9-5-6-10(16)7-11(9)12/h5-8,12,17H,2-4H2,1H3. The summed E-state index contributed by atoms with van der Waals surface area (Å²) in [5.41, 5.74) is 1.50. The Bertz CT molecular complexity index is 908. The number of hydrogen-bond acceptors (Lipinski definition) is 6. The van der Waals surface area contributed by atoms with Gasteiger partial charge >= 0.3 is 5.69 Å². The first-order valence-electron chi connectivity index (χ1n) is 7.29. The van der Waals surface area contributed by atoms with E-state index < -0.39 is 14.8 Å². The summed E-state index contributed by atoms with van der Waals surface area (Å²) in [5.74, 6) is -0.361. The monoisotopic (exact) mass is 370 g/mol. The zero-order chi connectivity index (χ0) is 17.5. The molecular formula is C15H15FN2O4S2. The molecule has 2 aromatic rings. The number of benzene rings is 1. The van der Waals surface area contributed by atoms with E-state index in [-0.39, 0.29) is 26.8 Å². The van der Waals surface area contributed by atoms with Crippen LogP contribution in [-0.4, -0.2) is 19.6 Å². The quantitative estimate of drug-likeness (QED) is 0.655. The lowest BCUT2D eigenvalue weighted by molar-refractivity contribution is -0.383. The maximum absolute atomic E-state index is 13.6. The van der Waals surface area contributed by atoms with Crippen LogP contribution in [0, 0.1) is 15.9 Å². The minimum Gasteiger partial charge on any atom is -0.364 e. The van der Waals surface area contributed by atoms with E-state index in [4.69, 9.17) is 0 Å². The predicted molar refractivity (Wildman–Crippen MR) is 89.8 cm³/mol. The van der Waals surface area contributed by atoms with E-state index in [1.165, 1.54) is 12.1 Å². The molecule has 128 valence electrons. The lowest BCUT2D eigenvalue weighted by Gasteiger charge is -2.26. The third-order valence-corrected chi connectivity index (χ3v) is 6.84. The predicted octanol–water partition coefficient (Wildman–Crippen LogP) is 3.69. The number of nitrogens with one attached hydrogen (secondary N) is 1. The van der Waals surface area contributed by atoms with Gasteiger partial charge < -0.3 is 5.32 Å². The van der Waals surface area contributed by atoms with Gasteiger partial charge in [-0.05, 0) is 42.5 Å². The smallest absolute Gasteiger partial charge is 0.304 e. The number of anilines is 1. The van der Waals surface area contributed by atoms with E-state index in [0.29, 0.717) is 6.42 Å². The molecule has 1 aliphatic rings. The van der Waals surface area contributed by atoms with Crippen LogP contribution in [0.25, 0.3) is 0 Å². The number of hydrogen-bond donors (Lipinski definition) is 1. The van der Waals surface area contributed by atoms with Gasteiger partial charge in [-0.25, -0.2) is 12.8 Å². The average Bonchev–Trinajstić information content (AvgIpc) is 2.92. The van der Waals surface area contributed by atoms with E-state index in [9.17, 15) is 22.9 Å². The Morgan fingerprint density at radius 1 is 1.38 bits per heavy atom. The maximum atomic E-state index is 13.6. The summed E-state index contributed by atoms with van der Waals surface area (Å²) < 4.78 is 36.8. The van der Waals surface area contributed by atoms with Crippen LogP contribution in [0.5, 0.6) is 0 Å². The average molecular weight is 370 g/mol. The van der Waals surface area contributed by atoms with Crippen LogP contribution < -0.4 is 5.32 Å². The number of aryl methyl sites for hydroxylation is 1. The van der Waals surface area contributed by atoms with Gasteiger partial charge in [0.2, 0.25) is 0 Å². The number of nitrogens with zero attached hydrogens (tertiary/aromatic N) is 1. The summed E-state index contributed by atoms with van der Waals surface area (Å²) in [6.07, 6.45) is 3.40. The fourth-order valence-electron chi connectivity index (χ4n) is 2.86. The molecule has 0 spiro atoms. The largest absolute Gasteiger partial charge is 0.364 e. The molecule has 0 bridgehead atoms. The molecule has 1 N–H and O–H groups in total. The molecule has 0 saturated carbocycles. The van der Waals surface area contributed by atoms with Crippen molar-refractivity contribution in [3.8, 4) is 0 Å². The van der Waals surface area contributed by atoms with Crippen LogP contribution in [0.2, 0.25) is 0 Å². The van der Waals surface area contributed by atoms with Crippen molar-refractivity contribution in [2.75, 3.05) is 11.6 Å². The van der Waals surface area contributed by atoms with Gasteiger partial charge in [-0.15, -0.1) is 0 Å². The zero-order valence-corrected chi connectivity index (χ0v) is 14.4. The van der Waals surface area contributed by atoms with Crippen molar-refractivity contribution in [2.24, 2.45) is 0 Å². The van der Waals surface area contributed by atoms with Gasteiger partial charge in [0.15, 0.2) is 14.8 Å². The Morgan fingerprint density at radius 3 is 2.79 bits per heavy atom. The van der Waals surface area contributed by atoms with E-state index in [1.54, 1.807) is 6.07 Å². The first-order valence-corrected chi connectivity index (χ1v) is 9.99. The molecule has 3 rings (SSSR count). The second-order valence-corrected chi connectivity index (χ2v) is 9.04. The van der Waals surface area contributed by atoms with Crippen molar-refractivity contribution in [2.45, 2.75) is 29.5 Å². The minimum absolute atomic E-state index is 0.0630. The molecule has 1 aromatic carbocycles. The molecule has 1 unspecified atom stereocenters. The van der Waals surface area contributed by atoms with Crippen molar-refractivity contribution in [3.63, 3.8) is 0 Å². The third kappa shape index (κ3) is 3.27. The van der Waals surface area contributed by atoms with Gasteiger partial charge in [0.25, 0.3) is 0 Å². The summed E-state index contributed by atoms with van der Waals surface area (Å²) in [6.45, 7) is 0. The molecule has 1 heterocycles. The van der Waals surface area contributed by atoms with Crippen molar-refractivity contribution >= 4 is 31.9 Å². The van der Waals surface area contributed by atoms with Gasteiger partial charge in [0.05, 0.1) is 11.0 Å². The number of sulfone groups is 1. The van der Waals surface area contributed by atoms with Crippen LogP contribution in [0.15, 0.2) is 28.5 Å². The molecule has 0 amide bonds. The van der Waals surface area contributed by atoms with Gasteiger partial charge in [0.1, 0.15) is 10.0 Å². The van der Waals surface area contributed by atoms with Gasteiger partial charge in [0, 0.05) is 12.3 Å². The lowest BCUT2D eigenvalue weighted by Crippen LogP contribution is -2.17. The van der Waals surface area contributed by atoms with Crippen molar-refractivity contribution < 1.29 is 17.7 Å². The summed E-state index contributed by atoms with van der Waals surface area (Å²) in [5, 5.41) is 14.5. The Kier molecular flexibility index (Phi) is 4.31. The second-order valence-electron chi connectivity index (χ2n) is 5.74. The lowest BCUT2D eigenvalue weighted by atomic mass is 9.87. The fourth-order valence-corrected chi connectivity index (χ4v) is 4.85. The highest BCUT2D eigenvalue weighted by molar-refractivity contribution is 7.92. The SMILES string of the molecule is CS(=O)(=O)c1cc([N+](=O)[O-])c(NC2CCCc3ccc(F)cc32)s1. The number of halogens is 1. The van der Waals surface area contributed by atoms with Crippen LogP contribution in [0.4, 0.5) is 15.1 Å². The molecule has 24 heavy (non-hydrogen) atoms. The topological polar surface area (TPSA) is 89.3 Å². The molecule has 1 aliphatic carbocycles. The summed E-state index contributed by atoms with van der Waals surface area (Å²) in [4.78, 5) is 10.6. The van der Waals surface area contributed by atoms with Gasteiger partial charge in [-0.2, -0.15) is 0 Å². The molecule has 1 aromatic heterocycles. The molecule has 0 radical (unpaired) electrons. The highest BCUT2D eigenvalue weighted by Gasteiger charge is 2.28. The fraction of sp³-hybridized carbons (Fsp3) is 0.333. The van der Waals surface area contributed by atoms with E-state index in [1.807, 2.05) is 0 Å². The normalized spacial score (nSPS) is 17.3. The van der Waals surface area contributed by atoms with E-state index in [2.05, 4.69) is 5.32 Å². The number of rotatable bonds is 4. The minimum atomic E-state index is -3.53. The Hall–Kier alpha value is -2.00. The Balaban J connectivity index is 1.99. The Labute approximate surface area is 142 Å². The second kappa shape index (κ2) is 6.14. The van der Waals surface area contributed by atoms with Gasteiger partial charge in [-0.3, -0.25) is 10.1 Å². The molecular weight excluding hydrogens is 355 g/mol. The number of nitro groups is 1. The van der Waals surface area contributed by atoms with Crippen molar-refractivity contribution in [1.29, 1.82) is 0 Å². The molecule has 0 aliphatic heterocycles. The van der Waals surface area contributed by atoms with Crippen LogP contribution in [0.1, 0.15) is 30.0 Å². The first-order chi connectivity index (χ1) is 11.3. The van der Waals surface area contributed by atoms with Crippen LogP contribution in [-0.2, 0) is 16.3 Å². The zero-order valence-electron chi connectivity index (χ0n) is 12.8. The van der Waals surface area contributed by atoms with Crippen molar-refractivity contribution in [1.82, 2.24) is 0 Å². The molecule has 0 fully saturated rings. The van der Waals surface area contributed by atoms with Crippen LogP contribution >= 0.6 is 11.3 Å². The van der Waals surface area contributed by atoms with E-state index in [0.717, 1.165) is 47.6 Å². The Morgan fingerprint density at radius 2 is 2.12 bits per heavy atom. The summed E-state index contributed by atoms with van der Waals surface area (Å²) in [6, 6.07) is 5.34. The van der Waals surface area contributed by atoms with Crippen molar-refractivity contribution in [3.05, 3.63) is 51.3 Å². The third-order valence-electron chi connectivity index (χ3n) is 3.98. The van der Waals surface area contributed by atoms with Gasteiger partial charge in [-0.1, -0.05) is 17.4 Å². The maximum Gasteiger partial charge on any atom is 0.304 e. The van der Waals surface area contributed by atoms with E-state index >= 15 is 0 Å². The van der Waals surface area contributed by atoms with Crippen LogP contribution in [0.3, 0.4) is 0 Å². The molecule has 9 heteroatoms. The highest BCUT2D eigenvalue weighted by atomic mass is 32.2. The number of thiophene rings is 1. The molecule has 6 nitrogen and oxygen atoms in total.